The van der Waals surface area contributed by atoms with Crippen LogP contribution in [-0.4, -0.2) is 9.55 Å². The SMILES string of the molecule is Cc1cccc(-c2nc3cc(C)c(C)cc3n2CC#N)c1. The van der Waals surface area contributed by atoms with Gasteiger partial charge in [0, 0.05) is 5.56 Å². The third-order valence-electron chi connectivity index (χ3n) is 3.87. The van der Waals surface area contributed by atoms with Gasteiger partial charge >= 0.3 is 0 Å². The third kappa shape index (κ3) is 2.30. The number of aryl methyl sites for hydroxylation is 3. The van der Waals surface area contributed by atoms with E-state index >= 15 is 0 Å². The van der Waals surface area contributed by atoms with Gasteiger partial charge in [0.25, 0.3) is 0 Å². The summed E-state index contributed by atoms with van der Waals surface area (Å²) < 4.78 is 2.00. The van der Waals surface area contributed by atoms with Crippen molar-refractivity contribution in [1.82, 2.24) is 9.55 Å². The van der Waals surface area contributed by atoms with Gasteiger partial charge in [-0.15, -0.1) is 0 Å². The zero-order valence-electron chi connectivity index (χ0n) is 12.5. The monoisotopic (exact) mass is 275 g/mol. The lowest BCUT2D eigenvalue weighted by atomic mass is 10.1. The molecule has 0 aliphatic carbocycles. The smallest absolute Gasteiger partial charge is 0.142 e. The van der Waals surface area contributed by atoms with E-state index in [1.165, 1.54) is 16.7 Å². The van der Waals surface area contributed by atoms with Gasteiger partial charge in [0.1, 0.15) is 12.4 Å². The molecule has 3 nitrogen and oxygen atoms in total. The Kier molecular flexibility index (Phi) is 3.23. The molecule has 21 heavy (non-hydrogen) atoms. The van der Waals surface area contributed by atoms with Gasteiger partial charge in [-0.3, -0.25) is 0 Å². The molecule has 0 bridgehead atoms. The molecule has 1 aromatic heterocycles. The van der Waals surface area contributed by atoms with Crippen LogP contribution in [0.2, 0.25) is 0 Å². The summed E-state index contributed by atoms with van der Waals surface area (Å²) in [5.41, 5.74) is 6.66. The van der Waals surface area contributed by atoms with Crippen molar-refractivity contribution < 1.29 is 0 Å². The largest absolute Gasteiger partial charge is 0.310 e. The van der Waals surface area contributed by atoms with Crippen molar-refractivity contribution in [3.05, 3.63) is 53.1 Å². The van der Waals surface area contributed by atoms with Crippen LogP contribution < -0.4 is 0 Å². The second-order valence-electron chi connectivity index (χ2n) is 5.47. The highest BCUT2D eigenvalue weighted by atomic mass is 15.1. The van der Waals surface area contributed by atoms with E-state index < -0.39 is 0 Å². The fraction of sp³-hybridized carbons (Fsp3) is 0.222. The van der Waals surface area contributed by atoms with Gasteiger partial charge < -0.3 is 4.57 Å². The molecule has 3 heteroatoms. The van der Waals surface area contributed by atoms with E-state index in [2.05, 4.69) is 51.1 Å². The van der Waals surface area contributed by atoms with Crippen LogP contribution in [0.1, 0.15) is 16.7 Å². The number of nitrogens with zero attached hydrogens (tertiary/aromatic N) is 3. The molecule has 0 amide bonds. The van der Waals surface area contributed by atoms with E-state index in [0.717, 1.165) is 22.4 Å². The highest BCUT2D eigenvalue weighted by Gasteiger charge is 2.13. The number of aromatic nitrogens is 2. The Morgan fingerprint density at radius 3 is 2.57 bits per heavy atom. The molecule has 0 atom stereocenters. The molecule has 0 unspecified atom stereocenters. The van der Waals surface area contributed by atoms with Crippen LogP contribution in [0, 0.1) is 32.1 Å². The number of rotatable bonds is 2. The van der Waals surface area contributed by atoms with Gasteiger partial charge in [0.2, 0.25) is 0 Å². The normalized spacial score (nSPS) is 10.8. The lowest BCUT2D eigenvalue weighted by Crippen LogP contribution is -1.99. The molecule has 3 rings (SSSR count). The summed E-state index contributed by atoms with van der Waals surface area (Å²) in [7, 11) is 0. The van der Waals surface area contributed by atoms with E-state index in [0.29, 0.717) is 6.54 Å². The molecular formula is C18H17N3. The Labute approximate surface area is 124 Å². The standard InChI is InChI=1S/C18H17N3/c1-12-5-4-6-15(9-12)18-20-16-10-13(2)14(3)11-17(16)21(18)8-7-19/h4-6,9-11H,8H2,1-3H3. The minimum absolute atomic E-state index is 0.308. The molecule has 104 valence electrons. The van der Waals surface area contributed by atoms with E-state index in [9.17, 15) is 0 Å². The highest BCUT2D eigenvalue weighted by molar-refractivity contribution is 5.82. The quantitative estimate of drug-likeness (QED) is 0.705. The summed E-state index contributed by atoms with van der Waals surface area (Å²) in [4.78, 5) is 4.76. The maximum absolute atomic E-state index is 9.15. The maximum atomic E-state index is 9.15. The molecule has 0 saturated heterocycles. The van der Waals surface area contributed by atoms with Crippen LogP contribution in [0.15, 0.2) is 36.4 Å². The first-order valence-electron chi connectivity index (χ1n) is 7.01. The molecule has 0 fully saturated rings. The fourth-order valence-electron chi connectivity index (χ4n) is 2.62. The van der Waals surface area contributed by atoms with Crippen molar-refractivity contribution in [1.29, 1.82) is 5.26 Å². The van der Waals surface area contributed by atoms with Crippen LogP contribution in [-0.2, 0) is 6.54 Å². The van der Waals surface area contributed by atoms with Crippen LogP contribution in [0.5, 0.6) is 0 Å². The fourth-order valence-corrected chi connectivity index (χ4v) is 2.62. The van der Waals surface area contributed by atoms with E-state index in [1.807, 2.05) is 16.7 Å². The van der Waals surface area contributed by atoms with Gasteiger partial charge in [0.05, 0.1) is 17.1 Å². The van der Waals surface area contributed by atoms with Crippen LogP contribution in [0.4, 0.5) is 0 Å². The molecule has 0 radical (unpaired) electrons. The predicted octanol–water partition coefficient (Wildman–Crippen LogP) is 4.15. The van der Waals surface area contributed by atoms with E-state index in [-0.39, 0.29) is 0 Å². The molecule has 0 saturated carbocycles. The summed E-state index contributed by atoms with van der Waals surface area (Å²) in [5, 5.41) is 9.15. The van der Waals surface area contributed by atoms with Crippen LogP contribution in [0.25, 0.3) is 22.4 Å². The summed E-state index contributed by atoms with van der Waals surface area (Å²) >= 11 is 0. The maximum Gasteiger partial charge on any atom is 0.142 e. The van der Waals surface area contributed by atoms with Gasteiger partial charge in [0.15, 0.2) is 0 Å². The Bertz CT molecular complexity index is 866. The molecule has 2 aromatic carbocycles. The molecular weight excluding hydrogens is 258 g/mol. The first-order chi connectivity index (χ1) is 10.1. The van der Waals surface area contributed by atoms with Crippen molar-refractivity contribution in [2.24, 2.45) is 0 Å². The second kappa shape index (κ2) is 5.06. The third-order valence-corrected chi connectivity index (χ3v) is 3.87. The van der Waals surface area contributed by atoms with E-state index in [4.69, 9.17) is 10.2 Å². The van der Waals surface area contributed by atoms with Crippen molar-refractivity contribution in [2.75, 3.05) is 0 Å². The number of hydrogen-bond acceptors (Lipinski definition) is 2. The molecule has 0 spiro atoms. The van der Waals surface area contributed by atoms with Crippen LogP contribution in [0.3, 0.4) is 0 Å². The minimum Gasteiger partial charge on any atom is -0.310 e. The highest BCUT2D eigenvalue weighted by Crippen LogP contribution is 2.27. The van der Waals surface area contributed by atoms with Crippen LogP contribution >= 0.6 is 0 Å². The van der Waals surface area contributed by atoms with Gasteiger partial charge in [-0.1, -0.05) is 23.8 Å². The number of benzene rings is 2. The number of nitriles is 1. The average Bonchev–Trinajstić information content (AvgIpc) is 2.78. The zero-order valence-corrected chi connectivity index (χ0v) is 12.5. The molecule has 0 aliphatic heterocycles. The molecule has 1 heterocycles. The van der Waals surface area contributed by atoms with E-state index in [1.54, 1.807) is 0 Å². The lowest BCUT2D eigenvalue weighted by molar-refractivity contribution is 0.870. The Hall–Kier alpha value is -2.60. The lowest BCUT2D eigenvalue weighted by Gasteiger charge is -2.06. The molecule has 3 aromatic rings. The number of imidazole rings is 1. The van der Waals surface area contributed by atoms with Gasteiger partial charge in [-0.25, -0.2) is 4.98 Å². The topological polar surface area (TPSA) is 41.6 Å². The number of fused-ring (bicyclic) bond motifs is 1. The van der Waals surface area contributed by atoms with Crippen molar-refractivity contribution in [2.45, 2.75) is 27.3 Å². The summed E-state index contributed by atoms with van der Waals surface area (Å²) in [5.74, 6) is 0.861. The van der Waals surface area contributed by atoms with Gasteiger partial charge in [-0.2, -0.15) is 5.26 Å². The summed E-state index contributed by atoms with van der Waals surface area (Å²) in [6.45, 7) is 6.55. The first kappa shape index (κ1) is 13.4. The minimum atomic E-state index is 0.308. The predicted molar refractivity (Wildman–Crippen MR) is 85.0 cm³/mol. The Morgan fingerprint density at radius 1 is 1.10 bits per heavy atom. The van der Waals surface area contributed by atoms with Gasteiger partial charge in [-0.05, 0) is 50.1 Å². The molecule has 0 N–H and O–H groups in total. The van der Waals surface area contributed by atoms with Crippen molar-refractivity contribution in [3.63, 3.8) is 0 Å². The number of hydrogen-bond donors (Lipinski definition) is 0. The molecule has 0 aliphatic rings. The zero-order chi connectivity index (χ0) is 15.0. The average molecular weight is 275 g/mol. The van der Waals surface area contributed by atoms with Crippen molar-refractivity contribution >= 4 is 11.0 Å². The summed E-state index contributed by atoms with van der Waals surface area (Å²) in [6.07, 6.45) is 0. The first-order valence-corrected chi connectivity index (χ1v) is 7.01. The Morgan fingerprint density at radius 2 is 1.86 bits per heavy atom. The summed E-state index contributed by atoms with van der Waals surface area (Å²) in [6, 6.07) is 14.7. The van der Waals surface area contributed by atoms with Crippen molar-refractivity contribution in [3.8, 4) is 17.5 Å². The second-order valence-corrected chi connectivity index (χ2v) is 5.47. The Balaban J connectivity index is 2.32.